The van der Waals surface area contributed by atoms with Crippen LogP contribution in [0.15, 0.2) is 23.4 Å². The predicted octanol–water partition coefficient (Wildman–Crippen LogP) is 1.44. The summed E-state index contributed by atoms with van der Waals surface area (Å²) in [5.74, 6) is 1.60. The minimum Gasteiger partial charge on any atom is -0.481 e. The highest BCUT2D eigenvalue weighted by atomic mass is 16.5. The second kappa shape index (κ2) is 6.68. The maximum absolute atomic E-state index is 8.55. The van der Waals surface area contributed by atoms with Gasteiger partial charge in [-0.3, -0.25) is 0 Å². The number of hydrogen-bond acceptors (Lipinski definition) is 5. The van der Waals surface area contributed by atoms with E-state index in [0.717, 1.165) is 5.82 Å². The van der Waals surface area contributed by atoms with Crippen LogP contribution >= 0.6 is 0 Å². The van der Waals surface area contributed by atoms with E-state index in [1.54, 1.807) is 13.2 Å². The Balaban J connectivity index is 2.83. The van der Waals surface area contributed by atoms with Gasteiger partial charge < -0.3 is 20.6 Å². The summed E-state index contributed by atoms with van der Waals surface area (Å²) in [6, 6.07) is 5.86. The summed E-state index contributed by atoms with van der Waals surface area (Å²) >= 11 is 0. The third kappa shape index (κ3) is 3.80. The Morgan fingerprint density at radius 3 is 2.83 bits per heavy atom. The van der Waals surface area contributed by atoms with Crippen LogP contribution in [-0.4, -0.2) is 35.7 Å². The summed E-state index contributed by atoms with van der Waals surface area (Å²) in [5.41, 5.74) is 5.48. The quantitative estimate of drug-likeness (QED) is 0.346. The molecule has 3 N–H and O–H groups in total. The van der Waals surface area contributed by atoms with Crippen molar-refractivity contribution < 1.29 is 9.94 Å². The molecule has 0 aliphatic heterocycles. The SMILES string of the molecule is COc1cccc(N(CCC(N)=NO)C(C)C)n1. The minimum absolute atomic E-state index is 0.212. The number of methoxy groups -OCH3 is 1. The fourth-order valence-corrected chi connectivity index (χ4v) is 1.60. The van der Waals surface area contributed by atoms with Gasteiger partial charge in [-0.25, -0.2) is 0 Å². The number of ether oxygens (including phenoxy) is 1. The molecule has 0 aromatic carbocycles. The molecular weight excluding hydrogens is 232 g/mol. The average Bonchev–Trinajstić information content (AvgIpc) is 2.38. The van der Waals surface area contributed by atoms with E-state index in [0.29, 0.717) is 18.8 Å². The molecule has 0 spiro atoms. The second-order valence-electron chi connectivity index (χ2n) is 4.17. The van der Waals surface area contributed by atoms with Gasteiger partial charge in [0.1, 0.15) is 11.7 Å². The van der Waals surface area contributed by atoms with Gasteiger partial charge in [-0.1, -0.05) is 11.2 Å². The molecule has 0 aliphatic rings. The van der Waals surface area contributed by atoms with E-state index < -0.39 is 0 Å². The van der Waals surface area contributed by atoms with Gasteiger partial charge in [0.05, 0.1) is 7.11 Å². The molecule has 100 valence electrons. The molecule has 0 fully saturated rings. The van der Waals surface area contributed by atoms with Gasteiger partial charge in [-0.2, -0.15) is 4.98 Å². The molecule has 0 unspecified atom stereocenters. The van der Waals surface area contributed by atoms with Gasteiger partial charge in [0, 0.05) is 25.1 Å². The molecule has 0 aliphatic carbocycles. The summed E-state index contributed by atoms with van der Waals surface area (Å²) in [7, 11) is 1.59. The molecule has 0 atom stereocenters. The number of hydrogen-bond donors (Lipinski definition) is 2. The van der Waals surface area contributed by atoms with Crippen molar-refractivity contribution in [2.45, 2.75) is 26.3 Å². The Labute approximate surface area is 107 Å². The molecule has 0 saturated heterocycles. The third-order valence-electron chi connectivity index (χ3n) is 2.57. The average molecular weight is 252 g/mol. The van der Waals surface area contributed by atoms with Gasteiger partial charge in [-0.05, 0) is 19.9 Å². The lowest BCUT2D eigenvalue weighted by atomic mass is 10.2. The van der Waals surface area contributed by atoms with Crippen LogP contribution in [-0.2, 0) is 0 Å². The highest BCUT2D eigenvalue weighted by Crippen LogP contribution is 2.18. The van der Waals surface area contributed by atoms with Crippen LogP contribution in [0.2, 0.25) is 0 Å². The number of aromatic nitrogens is 1. The summed E-state index contributed by atoms with van der Waals surface area (Å²) in [6.07, 6.45) is 0.480. The molecule has 1 rings (SSSR count). The summed E-state index contributed by atoms with van der Waals surface area (Å²) < 4.78 is 5.11. The maximum atomic E-state index is 8.55. The zero-order chi connectivity index (χ0) is 13.5. The van der Waals surface area contributed by atoms with Crippen LogP contribution in [0.5, 0.6) is 5.88 Å². The third-order valence-corrected chi connectivity index (χ3v) is 2.57. The fraction of sp³-hybridized carbons (Fsp3) is 0.500. The lowest BCUT2D eigenvalue weighted by molar-refractivity contribution is 0.317. The zero-order valence-corrected chi connectivity index (χ0v) is 11.0. The molecule has 1 aromatic heterocycles. The van der Waals surface area contributed by atoms with Crippen molar-refractivity contribution >= 4 is 11.7 Å². The number of nitrogens with two attached hydrogens (primary N) is 1. The number of anilines is 1. The number of pyridine rings is 1. The molecule has 0 amide bonds. The predicted molar refractivity (Wildman–Crippen MR) is 71.3 cm³/mol. The standard InChI is InChI=1S/C12H20N4O2/c1-9(2)16(8-7-10(13)15-17)11-5-4-6-12(14-11)18-3/h4-6,9,17H,7-8H2,1-3H3,(H2,13,15). The zero-order valence-electron chi connectivity index (χ0n) is 11.0. The van der Waals surface area contributed by atoms with E-state index >= 15 is 0 Å². The first-order chi connectivity index (χ1) is 8.58. The highest BCUT2D eigenvalue weighted by Gasteiger charge is 2.13. The lowest BCUT2D eigenvalue weighted by Crippen LogP contribution is -2.34. The molecule has 1 heterocycles. The van der Waals surface area contributed by atoms with Crippen LogP contribution in [0.25, 0.3) is 0 Å². The minimum atomic E-state index is 0.212. The van der Waals surface area contributed by atoms with Crippen molar-refractivity contribution in [3.63, 3.8) is 0 Å². The van der Waals surface area contributed by atoms with E-state index in [1.165, 1.54) is 0 Å². The number of amidine groups is 1. The summed E-state index contributed by atoms with van der Waals surface area (Å²) in [5, 5.41) is 11.5. The maximum Gasteiger partial charge on any atom is 0.214 e. The van der Waals surface area contributed by atoms with E-state index in [9.17, 15) is 0 Å². The fourth-order valence-electron chi connectivity index (χ4n) is 1.60. The topological polar surface area (TPSA) is 84.0 Å². The lowest BCUT2D eigenvalue weighted by Gasteiger charge is -2.27. The van der Waals surface area contributed by atoms with Crippen LogP contribution < -0.4 is 15.4 Å². The first kappa shape index (κ1) is 14.1. The second-order valence-corrected chi connectivity index (χ2v) is 4.17. The van der Waals surface area contributed by atoms with E-state index in [4.69, 9.17) is 15.7 Å². The Morgan fingerprint density at radius 1 is 1.56 bits per heavy atom. The van der Waals surface area contributed by atoms with Crippen LogP contribution in [0.1, 0.15) is 20.3 Å². The van der Waals surface area contributed by atoms with Crippen molar-refractivity contribution in [2.24, 2.45) is 10.9 Å². The Morgan fingerprint density at radius 2 is 2.28 bits per heavy atom. The number of oxime groups is 1. The Hall–Kier alpha value is -1.98. The van der Waals surface area contributed by atoms with E-state index in [1.807, 2.05) is 12.1 Å². The van der Waals surface area contributed by atoms with Crippen molar-refractivity contribution in [3.05, 3.63) is 18.2 Å². The van der Waals surface area contributed by atoms with Crippen molar-refractivity contribution in [1.82, 2.24) is 4.98 Å². The van der Waals surface area contributed by atoms with Gasteiger partial charge in [0.25, 0.3) is 0 Å². The molecule has 0 saturated carbocycles. The van der Waals surface area contributed by atoms with E-state index in [2.05, 4.69) is 28.9 Å². The van der Waals surface area contributed by atoms with Crippen molar-refractivity contribution in [3.8, 4) is 5.88 Å². The molecule has 1 aromatic rings. The molecule has 0 radical (unpaired) electrons. The highest BCUT2D eigenvalue weighted by molar-refractivity contribution is 5.80. The first-order valence-electron chi connectivity index (χ1n) is 5.82. The molecular formula is C12H20N4O2. The van der Waals surface area contributed by atoms with Gasteiger partial charge in [-0.15, -0.1) is 0 Å². The van der Waals surface area contributed by atoms with Crippen molar-refractivity contribution in [1.29, 1.82) is 0 Å². The molecule has 6 nitrogen and oxygen atoms in total. The molecule has 18 heavy (non-hydrogen) atoms. The van der Waals surface area contributed by atoms with Crippen LogP contribution in [0.4, 0.5) is 5.82 Å². The van der Waals surface area contributed by atoms with Crippen LogP contribution in [0.3, 0.4) is 0 Å². The van der Waals surface area contributed by atoms with Crippen LogP contribution in [0, 0.1) is 0 Å². The largest absolute Gasteiger partial charge is 0.481 e. The molecule has 6 heteroatoms. The number of rotatable bonds is 6. The first-order valence-corrected chi connectivity index (χ1v) is 5.82. The smallest absolute Gasteiger partial charge is 0.214 e. The Kier molecular flexibility index (Phi) is 5.23. The molecule has 0 bridgehead atoms. The normalized spacial score (nSPS) is 11.7. The van der Waals surface area contributed by atoms with E-state index in [-0.39, 0.29) is 11.9 Å². The number of nitrogens with zero attached hydrogens (tertiary/aromatic N) is 3. The summed E-state index contributed by atoms with van der Waals surface area (Å²) in [6.45, 7) is 4.76. The monoisotopic (exact) mass is 252 g/mol. The van der Waals surface area contributed by atoms with Gasteiger partial charge in [0.15, 0.2) is 0 Å². The van der Waals surface area contributed by atoms with Gasteiger partial charge >= 0.3 is 0 Å². The van der Waals surface area contributed by atoms with Crippen molar-refractivity contribution in [2.75, 3.05) is 18.6 Å². The summed E-state index contributed by atoms with van der Waals surface area (Å²) in [4.78, 5) is 6.45. The Bertz CT molecular complexity index is 407. The van der Waals surface area contributed by atoms with Gasteiger partial charge in [0.2, 0.25) is 5.88 Å².